The summed E-state index contributed by atoms with van der Waals surface area (Å²) in [6.07, 6.45) is 0. The van der Waals surface area contributed by atoms with Gasteiger partial charge < -0.3 is 18.8 Å². The first-order valence-electron chi connectivity index (χ1n) is 8.83. The number of rotatable bonds is 8. The summed E-state index contributed by atoms with van der Waals surface area (Å²) < 4.78 is 66.6. The Hall–Kier alpha value is -2.66. The minimum atomic E-state index is -3.92. The minimum Gasteiger partial charge on any atom is -0.493 e. The van der Waals surface area contributed by atoms with E-state index in [0.717, 1.165) is 0 Å². The molecule has 1 aromatic heterocycles. The third-order valence-electron chi connectivity index (χ3n) is 3.71. The van der Waals surface area contributed by atoms with Crippen molar-refractivity contribution in [1.82, 2.24) is 9.62 Å². The zero-order chi connectivity index (χ0) is 22.7. The predicted octanol–water partition coefficient (Wildman–Crippen LogP) is 3.24. The summed E-state index contributed by atoms with van der Waals surface area (Å²) in [5, 5.41) is -0.371. The molecule has 11 heteroatoms. The van der Waals surface area contributed by atoms with Crippen LogP contribution in [-0.2, 0) is 16.6 Å². The molecule has 0 saturated heterocycles. The molecule has 8 nitrogen and oxygen atoms in total. The van der Waals surface area contributed by atoms with E-state index in [1.807, 2.05) is 0 Å². The van der Waals surface area contributed by atoms with Crippen LogP contribution in [0.3, 0.4) is 0 Å². The van der Waals surface area contributed by atoms with Crippen LogP contribution < -0.4 is 14.2 Å². The lowest BCUT2D eigenvalue weighted by Gasteiger charge is -2.19. The second-order valence-electron chi connectivity index (χ2n) is 7.50. The van der Waals surface area contributed by atoms with Gasteiger partial charge in [-0.25, -0.2) is 13.1 Å². The van der Waals surface area contributed by atoms with E-state index in [1.165, 1.54) is 49.4 Å². The Bertz CT molecular complexity index is 999. The Morgan fingerprint density at radius 2 is 1.87 bits per heavy atom. The van der Waals surface area contributed by atoms with Gasteiger partial charge in [0.05, 0.1) is 7.11 Å². The van der Waals surface area contributed by atoms with Crippen LogP contribution in [0.5, 0.6) is 11.5 Å². The molecular formula is C19H24F2N2O6S. The molecule has 0 saturated carbocycles. The molecule has 1 N–H and O–H groups in total. The maximum Gasteiger partial charge on any atom is 0.387 e. The number of nitrogens with one attached hydrogen (secondary N) is 1. The van der Waals surface area contributed by atoms with Gasteiger partial charge in [0.2, 0.25) is 5.09 Å². The third-order valence-corrected chi connectivity index (χ3v) is 5.34. The normalized spacial score (nSPS) is 12.1. The molecule has 0 atom stereocenters. The Morgan fingerprint density at radius 1 is 1.20 bits per heavy atom. The number of halogens is 2. The summed E-state index contributed by atoms with van der Waals surface area (Å²) in [5.74, 6) is -0.749. The number of furan rings is 1. The lowest BCUT2D eigenvalue weighted by molar-refractivity contribution is -0.0512. The molecule has 0 radical (unpaired) electrons. The summed E-state index contributed by atoms with van der Waals surface area (Å²) in [7, 11) is -1.12. The SMILES string of the molecule is COc1cc(CN(C)C(=O)c2ccc(S(=O)(=O)NC(C)(C)C)o2)ccc1OC(F)F. The predicted molar refractivity (Wildman–Crippen MR) is 104 cm³/mol. The van der Waals surface area contributed by atoms with Crippen LogP contribution in [0.1, 0.15) is 36.9 Å². The maximum absolute atomic E-state index is 12.6. The first-order chi connectivity index (χ1) is 13.8. The largest absolute Gasteiger partial charge is 0.493 e. The number of sulfonamides is 1. The van der Waals surface area contributed by atoms with Crippen LogP contribution in [-0.4, -0.2) is 45.5 Å². The van der Waals surface area contributed by atoms with Gasteiger partial charge in [0, 0.05) is 19.1 Å². The first kappa shape index (κ1) is 23.6. The van der Waals surface area contributed by atoms with E-state index in [0.29, 0.717) is 5.56 Å². The minimum absolute atomic E-state index is 0.0905. The average Bonchev–Trinajstić information content (AvgIpc) is 3.11. The van der Waals surface area contributed by atoms with E-state index in [9.17, 15) is 22.0 Å². The number of amides is 1. The van der Waals surface area contributed by atoms with Gasteiger partial charge in [-0.1, -0.05) is 6.07 Å². The molecule has 1 heterocycles. The van der Waals surface area contributed by atoms with E-state index in [1.54, 1.807) is 20.8 Å². The molecule has 1 amide bonds. The maximum atomic E-state index is 12.6. The molecule has 30 heavy (non-hydrogen) atoms. The Morgan fingerprint density at radius 3 is 2.43 bits per heavy atom. The Balaban J connectivity index is 2.14. The molecule has 0 spiro atoms. The molecule has 1 aromatic carbocycles. The van der Waals surface area contributed by atoms with Crippen molar-refractivity contribution < 1.29 is 35.9 Å². The van der Waals surface area contributed by atoms with Crippen molar-refractivity contribution in [2.45, 2.75) is 44.6 Å². The van der Waals surface area contributed by atoms with E-state index >= 15 is 0 Å². The standard InChI is InChI=1S/C19H24F2N2O6S/c1-19(2,3)22-30(25,26)16-9-8-14(28-16)17(24)23(4)11-12-6-7-13(29-18(20)21)15(10-12)27-5/h6-10,18,22H,11H2,1-5H3. The van der Waals surface area contributed by atoms with Gasteiger partial charge in [0.15, 0.2) is 17.3 Å². The molecule has 2 aromatic rings. The number of alkyl halides is 2. The van der Waals surface area contributed by atoms with Crippen molar-refractivity contribution in [3.63, 3.8) is 0 Å². The van der Waals surface area contributed by atoms with Crippen molar-refractivity contribution in [2.24, 2.45) is 0 Å². The quantitative estimate of drug-likeness (QED) is 0.669. The second-order valence-corrected chi connectivity index (χ2v) is 9.11. The number of methoxy groups -OCH3 is 1. The van der Waals surface area contributed by atoms with Crippen LogP contribution in [0.25, 0.3) is 0 Å². The van der Waals surface area contributed by atoms with Crippen LogP contribution in [0, 0.1) is 0 Å². The third kappa shape index (κ3) is 6.17. The van der Waals surface area contributed by atoms with Crippen molar-refractivity contribution in [3.05, 3.63) is 41.7 Å². The van der Waals surface area contributed by atoms with E-state index in [4.69, 9.17) is 9.15 Å². The highest BCUT2D eigenvalue weighted by Gasteiger charge is 2.27. The van der Waals surface area contributed by atoms with Gasteiger partial charge >= 0.3 is 6.61 Å². The number of nitrogens with zero attached hydrogens (tertiary/aromatic N) is 1. The van der Waals surface area contributed by atoms with Crippen LogP contribution in [0.15, 0.2) is 39.8 Å². The van der Waals surface area contributed by atoms with E-state index in [-0.39, 0.29) is 28.9 Å². The van der Waals surface area contributed by atoms with Gasteiger partial charge in [-0.2, -0.15) is 8.78 Å². The highest BCUT2D eigenvalue weighted by molar-refractivity contribution is 7.89. The van der Waals surface area contributed by atoms with E-state index < -0.39 is 28.1 Å². The molecule has 0 bridgehead atoms. The van der Waals surface area contributed by atoms with Crippen molar-refractivity contribution >= 4 is 15.9 Å². The van der Waals surface area contributed by atoms with Gasteiger partial charge in [-0.15, -0.1) is 0 Å². The summed E-state index contributed by atoms with van der Waals surface area (Å²) in [4.78, 5) is 13.9. The lowest BCUT2D eigenvalue weighted by Crippen LogP contribution is -2.40. The van der Waals surface area contributed by atoms with Crippen molar-refractivity contribution in [3.8, 4) is 11.5 Å². The smallest absolute Gasteiger partial charge is 0.387 e. The summed E-state index contributed by atoms with van der Waals surface area (Å²) in [6, 6.07) is 6.77. The monoisotopic (exact) mass is 446 g/mol. The van der Waals surface area contributed by atoms with Gasteiger partial charge in [-0.05, 0) is 50.6 Å². The molecule has 0 unspecified atom stereocenters. The van der Waals surface area contributed by atoms with Gasteiger partial charge in [0.25, 0.3) is 15.9 Å². The zero-order valence-electron chi connectivity index (χ0n) is 17.2. The molecule has 2 rings (SSSR count). The number of hydrogen-bond donors (Lipinski definition) is 1. The highest BCUT2D eigenvalue weighted by atomic mass is 32.2. The Labute approximate surface area is 173 Å². The highest BCUT2D eigenvalue weighted by Crippen LogP contribution is 2.30. The van der Waals surface area contributed by atoms with Crippen LogP contribution in [0.2, 0.25) is 0 Å². The van der Waals surface area contributed by atoms with E-state index in [2.05, 4.69) is 9.46 Å². The average molecular weight is 446 g/mol. The Kier molecular flexibility index (Phi) is 7.09. The molecule has 0 aliphatic rings. The summed E-state index contributed by atoms with van der Waals surface area (Å²) in [5.41, 5.74) is -0.135. The summed E-state index contributed by atoms with van der Waals surface area (Å²) >= 11 is 0. The fourth-order valence-electron chi connectivity index (χ4n) is 2.57. The number of hydrogen-bond acceptors (Lipinski definition) is 6. The molecule has 0 aliphatic heterocycles. The van der Waals surface area contributed by atoms with Crippen LogP contribution in [0.4, 0.5) is 8.78 Å². The fourth-order valence-corrected chi connectivity index (χ4v) is 3.92. The number of carbonyl (C=O) groups excluding carboxylic acids is 1. The molecule has 0 fully saturated rings. The molecule has 0 aliphatic carbocycles. The molecule has 166 valence electrons. The lowest BCUT2D eigenvalue weighted by atomic mass is 10.1. The van der Waals surface area contributed by atoms with Crippen molar-refractivity contribution in [2.75, 3.05) is 14.2 Å². The summed E-state index contributed by atoms with van der Waals surface area (Å²) in [6.45, 7) is 2.14. The fraction of sp³-hybridized carbons (Fsp3) is 0.421. The second kappa shape index (κ2) is 9.00. The van der Waals surface area contributed by atoms with Gasteiger partial charge in [-0.3, -0.25) is 4.79 Å². The number of ether oxygens (including phenoxy) is 2. The first-order valence-corrected chi connectivity index (χ1v) is 10.3. The number of carbonyl (C=O) groups is 1. The van der Waals surface area contributed by atoms with Crippen LogP contribution >= 0.6 is 0 Å². The zero-order valence-corrected chi connectivity index (χ0v) is 18.0. The molecular weight excluding hydrogens is 422 g/mol. The number of benzene rings is 1. The topological polar surface area (TPSA) is 98.1 Å². The van der Waals surface area contributed by atoms with Crippen molar-refractivity contribution in [1.29, 1.82) is 0 Å². The van der Waals surface area contributed by atoms with Gasteiger partial charge in [0.1, 0.15) is 0 Å².